The zero-order valence-electron chi connectivity index (χ0n) is 8.51. The summed E-state index contributed by atoms with van der Waals surface area (Å²) in [5.74, 6) is 0. The van der Waals surface area contributed by atoms with Gasteiger partial charge in [-0.3, -0.25) is 0 Å². The maximum atomic E-state index is 11.0. The Morgan fingerprint density at radius 3 is 1.93 bits per heavy atom. The molecule has 1 rings (SSSR count). The monoisotopic (exact) mass is 229 g/mol. The third-order valence-electron chi connectivity index (χ3n) is 1.91. The molecule has 0 aromatic heterocycles. The highest BCUT2D eigenvalue weighted by Gasteiger charge is 2.18. The molecule has 0 amide bonds. The summed E-state index contributed by atoms with van der Waals surface area (Å²) in [6, 6.07) is 6.01. The molecule has 15 heavy (non-hydrogen) atoms. The Balaban J connectivity index is 3.00. The highest BCUT2D eigenvalue weighted by Crippen LogP contribution is 2.04. The second kappa shape index (κ2) is 4.76. The van der Waals surface area contributed by atoms with Crippen molar-refractivity contribution in [2.75, 3.05) is 14.2 Å². The minimum Gasteiger partial charge on any atom is -0.410 e. The number of benzene rings is 1. The average molecular weight is 229 g/mol. The molecular formula is C8H12BNO4S. The first-order chi connectivity index (χ1) is 6.99. The molecule has 0 bridgehead atoms. The lowest BCUT2D eigenvalue weighted by atomic mass is 9.79. The summed E-state index contributed by atoms with van der Waals surface area (Å²) in [7, 11) is -1.14. The van der Waals surface area contributed by atoms with E-state index < -0.39 is 17.1 Å². The maximum Gasteiger partial charge on any atom is 0.493 e. The molecular weight excluding hydrogens is 217 g/mol. The predicted molar refractivity (Wildman–Crippen MR) is 57.2 cm³/mol. The van der Waals surface area contributed by atoms with Crippen molar-refractivity contribution in [2.45, 2.75) is 4.90 Å². The number of rotatable bonds is 4. The van der Waals surface area contributed by atoms with Gasteiger partial charge >= 0.3 is 7.12 Å². The van der Waals surface area contributed by atoms with Crippen molar-refractivity contribution in [1.29, 1.82) is 0 Å². The van der Waals surface area contributed by atoms with E-state index in [0.29, 0.717) is 0 Å². The highest BCUT2D eigenvalue weighted by molar-refractivity contribution is 7.89. The third kappa shape index (κ3) is 3.03. The van der Waals surface area contributed by atoms with E-state index in [-0.39, 0.29) is 4.90 Å². The maximum absolute atomic E-state index is 11.0. The van der Waals surface area contributed by atoms with Gasteiger partial charge < -0.3 is 9.31 Å². The van der Waals surface area contributed by atoms with E-state index in [1.807, 2.05) is 0 Å². The molecule has 0 aliphatic carbocycles. The van der Waals surface area contributed by atoms with Gasteiger partial charge in [-0.2, -0.15) is 0 Å². The summed E-state index contributed by atoms with van der Waals surface area (Å²) in [6.07, 6.45) is 0. The fraction of sp³-hybridized carbons (Fsp3) is 0.250. The van der Waals surface area contributed by atoms with Crippen LogP contribution in [-0.2, 0) is 19.3 Å². The molecule has 0 saturated carbocycles. The van der Waals surface area contributed by atoms with Gasteiger partial charge in [-0.05, 0) is 17.6 Å². The van der Waals surface area contributed by atoms with Crippen LogP contribution in [0, 0.1) is 0 Å². The smallest absolute Gasteiger partial charge is 0.410 e. The summed E-state index contributed by atoms with van der Waals surface area (Å²) < 4.78 is 32.0. The zero-order valence-corrected chi connectivity index (χ0v) is 9.32. The first kappa shape index (κ1) is 12.2. The van der Waals surface area contributed by atoms with Crippen LogP contribution in [0.1, 0.15) is 0 Å². The van der Waals surface area contributed by atoms with Gasteiger partial charge in [0.15, 0.2) is 0 Å². The number of primary sulfonamides is 1. The first-order valence-corrected chi connectivity index (χ1v) is 5.72. The Morgan fingerprint density at radius 1 is 1.13 bits per heavy atom. The lowest BCUT2D eigenvalue weighted by Gasteiger charge is -2.08. The predicted octanol–water partition coefficient (Wildman–Crippen LogP) is -0.678. The number of sulfonamides is 1. The minimum atomic E-state index is -3.64. The summed E-state index contributed by atoms with van der Waals surface area (Å²) in [4.78, 5) is 0.0669. The van der Waals surface area contributed by atoms with E-state index in [4.69, 9.17) is 14.4 Å². The van der Waals surface area contributed by atoms with Gasteiger partial charge in [0.2, 0.25) is 10.0 Å². The lowest BCUT2D eigenvalue weighted by molar-refractivity contribution is 0.292. The van der Waals surface area contributed by atoms with Gasteiger partial charge in [-0.15, -0.1) is 0 Å². The van der Waals surface area contributed by atoms with Crippen molar-refractivity contribution in [3.8, 4) is 0 Å². The van der Waals surface area contributed by atoms with Crippen LogP contribution in [0.3, 0.4) is 0 Å². The van der Waals surface area contributed by atoms with Crippen LogP contribution < -0.4 is 10.6 Å². The van der Waals surface area contributed by atoms with Crippen molar-refractivity contribution in [3.05, 3.63) is 24.3 Å². The molecule has 0 atom stereocenters. The first-order valence-electron chi connectivity index (χ1n) is 4.17. The third-order valence-corrected chi connectivity index (χ3v) is 2.84. The van der Waals surface area contributed by atoms with Crippen LogP contribution in [-0.4, -0.2) is 29.8 Å². The molecule has 7 heteroatoms. The van der Waals surface area contributed by atoms with E-state index in [2.05, 4.69) is 0 Å². The van der Waals surface area contributed by atoms with E-state index in [1.54, 1.807) is 12.1 Å². The Labute approximate surface area is 89.4 Å². The van der Waals surface area contributed by atoms with Crippen LogP contribution in [0.15, 0.2) is 29.2 Å². The van der Waals surface area contributed by atoms with Gasteiger partial charge in [0.25, 0.3) is 0 Å². The molecule has 1 aromatic rings. The van der Waals surface area contributed by atoms with Crippen LogP contribution in [0.2, 0.25) is 0 Å². The largest absolute Gasteiger partial charge is 0.493 e. The minimum absolute atomic E-state index is 0.0669. The standard InChI is InChI=1S/C8H12BNO4S/c1-13-9(14-2)7-3-5-8(6-4-7)15(10,11)12/h3-6H,1-2H3,(H2,10,11,12). The van der Waals surface area contributed by atoms with E-state index in [9.17, 15) is 8.42 Å². The molecule has 0 heterocycles. The van der Waals surface area contributed by atoms with Crippen molar-refractivity contribution in [2.24, 2.45) is 5.14 Å². The summed E-state index contributed by atoms with van der Waals surface area (Å²) in [5.41, 5.74) is 0.729. The van der Waals surface area contributed by atoms with Crippen molar-refractivity contribution >= 4 is 22.6 Å². The van der Waals surface area contributed by atoms with Crippen molar-refractivity contribution in [3.63, 3.8) is 0 Å². The Kier molecular flexibility index (Phi) is 3.86. The average Bonchev–Trinajstić information content (AvgIpc) is 2.19. The van der Waals surface area contributed by atoms with Crippen LogP contribution in [0.4, 0.5) is 0 Å². The molecule has 0 unspecified atom stereocenters. The molecule has 5 nitrogen and oxygen atoms in total. The second-order valence-electron chi connectivity index (χ2n) is 2.92. The molecule has 1 aromatic carbocycles. The van der Waals surface area contributed by atoms with E-state index in [0.717, 1.165) is 5.46 Å². The molecule has 0 saturated heterocycles. The number of hydrogen-bond donors (Lipinski definition) is 1. The topological polar surface area (TPSA) is 78.6 Å². The number of hydrogen-bond acceptors (Lipinski definition) is 4. The van der Waals surface area contributed by atoms with Gasteiger partial charge in [0, 0.05) is 14.2 Å². The summed E-state index contributed by atoms with van der Waals surface area (Å²) >= 11 is 0. The van der Waals surface area contributed by atoms with Crippen LogP contribution in [0.5, 0.6) is 0 Å². The molecule has 0 aliphatic heterocycles. The molecule has 0 fully saturated rings. The quantitative estimate of drug-likeness (QED) is 0.694. The fourth-order valence-electron chi connectivity index (χ4n) is 1.18. The van der Waals surface area contributed by atoms with Crippen molar-refractivity contribution < 1.29 is 17.7 Å². The normalized spacial score (nSPS) is 11.4. The molecule has 0 aliphatic rings. The van der Waals surface area contributed by atoms with Gasteiger partial charge in [-0.1, -0.05) is 12.1 Å². The number of nitrogens with two attached hydrogens (primary N) is 1. The van der Waals surface area contributed by atoms with Crippen molar-refractivity contribution in [1.82, 2.24) is 0 Å². The Hall–Kier alpha value is -0.885. The highest BCUT2D eigenvalue weighted by atomic mass is 32.2. The second-order valence-corrected chi connectivity index (χ2v) is 4.48. The molecule has 2 N–H and O–H groups in total. The van der Waals surface area contributed by atoms with E-state index in [1.165, 1.54) is 26.4 Å². The van der Waals surface area contributed by atoms with Gasteiger partial charge in [0.1, 0.15) is 0 Å². The molecule has 82 valence electrons. The Morgan fingerprint density at radius 2 is 1.60 bits per heavy atom. The molecule has 0 spiro atoms. The van der Waals surface area contributed by atoms with Gasteiger partial charge in [-0.25, -0.2) is 13.6 Å². The fourth-order valence-corrected chi connectivity index (χ4v) is 1.70. The lowest BCUT2D eigenvalue weighted by Crippen LogP contribution is -2.34. The Bertz CT molecular complexity index is 413. The van der Waals surface area contributed by atoms with Crippen LogP contribution >= 0.6 is 0 Å². The SMILES string of the molecule is COB(OC)c1ccc(S(N)(=O)=O)cc1. The van der Waals surface area contributed by atoms with Crippen LogP contribution in [0.25, 0.3) is 0 Å². The molecule has 0 radical (unpaired) electrons. The summed E-state index contributed by atoms with van der Waals surface area (Å²) in [5, 5.41) is 4.96. The van der Waals surface area contributed by atoms with Gasteiger partial charge in [0.05, 0.1) is 4.90 Å². The summed E-state index contributed by atoms with van der Waals surface area (Å²) in [6.45, 7) is 0. The van der Waals surface area contributed by atoms with E-state index >= 15 is 0 Å². The zero-order chi connectivity index (χ0) is 11.5.